The Hall–Kier alpha value is -2.34. The number of rotatable bonds is 2. The van der Waals surface area contributed by atoms with Gasteiger partial charge >= 0.3 is 0 Å². The summed E-state index contributed by atoms with van der Waals surface area (Å²) in [6.45, 7) is 0. The highest BCUT2D eigenvalue weighted by molar-refractivity contribution is 6.32. The third-order valence-electron chi connectivity index (χ3n) is 2.44. The number of hydrogen-bond donors (Lipinski definition) is 1. The van der Waals surface area contributed by atoms with Crippen molar-refractivity contribution in [3.63, 3.8) is 0 Å². The third-order valence-corrected chi connectivity index (χ3v) is 2.74. The van der Waals surface area contributed by atoms with Crippen LogP contribution in [0, 0.1) is 0 Å². The molecule has 6 nitrogen and oxygen atoms in total. The summed E-state index contributed by atoms with van der Waals surface area (Å²) >= 11 is 6.20. The minimum absolute atomic E-state index is 0.265. The first-order valence-electron chi connectivity index (χ1n) is 5.11. The maximum absolute atomic E-state index is 6.20. The Morgan fingerprint density at radius 3 is 2.78 bits per heavy atom. The molecule has 0 fully saturated rings. The molecule has 0 radical (unpaired) electrons. The van der Waals surface area contributed by atoms with Crippen LogP contribution in [-0.4, -0.2) is 19.9 Å². The fraction of sp³-hybridized carbons (Fsp3) is 0. The lowest BCUT2D eigenvalue weighted by atomic mass is 10.1. The average molecular weight is 262 g/mol. The topological polar surface area (TPSA) is 82.8 Å². The molecule has 18 heavy (non-hydrogen) atoms. The summed E-state index contributed by atoms with van der Waals surface area (Å²) in [6, 6.07) is 7.11. The van der Waals surface area contributed by atoms with E-state index in [4.69, 9.17) is 21.9 Å². The number of benzene rings is 1. The molecule has 2 heterocycles. The molecule has 3 rings (SSSR count). The van der Waals surface area contributed by atoms with Crippen molar-refractivity contribution in [2.24, 2.45) is 0 Å². The van der Waals surface area contributed by atoms with Crippen molar-refractivity contribution >= 4 is 17.5 Å². The molecule has 2 aromatic heterocycles. The highest BCUT2D eigenvalue weighted by Gasteiger charge is 2.09. The molecule has 0 saturated heterocycles. The number of halogens is 1. The van der Waals surface area contributed by atoms with Gasteiger partial charge in [-0.15, -0.1) is 0 Å². The van der Waals surface area contributed by atoms with Gasteiger partial charge in [0.25, 0.3) is 0 Å². The first-order valence-corrected chi connectivity index (χ1v) is 5.49. The average Bonchev–Trinajstić information content (AvgIpc) is 2.99. The molecule has 0 unspecified atom stereocenters. The number of nitrogen functional groups attached to an aromatic ring is 1. The van der Waals surface area contributed by atoms with Crippen LogP contribution in [0.2, 0.25) is 5.02 Å². The fourth-order valence-electron chi connectivity index (χ4n) is 1.61. The lowest BCUT2D eigenvalue weighted by Crippen LogP contribution is -1.95. The van der Waals surface area contributed by atoms with Gasteiger partial charge < -0.3 is 10.3 Å². The molecule has 0 bridgehead atoms. The van der Waals surface area contributed by atoms with Crippen molar-refractivity contribution < 1.29 is 4.52 Å². The second-order valence-electron chi connectivity index (χ2n) is 3.62. The zero-order valence-corrected chi connectivity index (χ0v) is 9.87. The number of aromatic nitrogens is 4. The van der Waals surface area contributed by atoms with Gasteiger partial charge in [-0.2, -0.15) is 5.10 Å². The smallest absolute Gasteiger partial charge is 0.222 e. The van der Waals surface area contributed by atoms with Gasteiger partial charge in [-0.3, -0.25) is 0 Å². The minimum Gasteiger partial charge on any atom is -0.368 e. The number of nitrogens with zero attached hydrogens (tertiary/aromatic N) is 4. The van der Waals surface area contributed by atoms with Gasteiger partial charge in [0, 0.05) is 11.6 Å². The molecule has 0 aliphatic heterocycles. The molecule has 0 saturated carbocycles. The van der Waals surface area contributed by atoms with Gasteiger partial charge in [0.05, 0.1) is 10.7 Å². The molecule has 0 aliphatic rings. The van der Waals surface area contributed by atoms with Crippen LogP contribution in [-0.2, 0) is 0 Å². The van der Waals surface area contributed by atoms with Crippen LogP contribution in [0.15, 0.2) is 41.4 Å². The summed E-state index contributed by atoms with van der Waals surface area (Å²) in [6.07, 6.45) is 3.03. The van der Waals surface area contributed by atoms with E-state index in [9.17, 15) is 0 Å². The van der Waals surface area contributed by atoms with Gasteiger partial charge in [0.15, 0.2) is 0 Å². The van der Waals surface area contributed by atoms with Crippen molar-refractivity contribution in [1.29, 1.82) is 0 Å². The van der Waals surface area contributed by atoms with Gasteiger partial charge in [-0.05, 0) is 12.1 Å². The largest absolute Gasteiger partial charge is 0.368 e. The monoisotopic (exact) mass is 261 g/mol. The molecule has 0 spiro atoms. The highest BCUT2D eigenvalue weighted by atomic mass is 35.5. The number of hydrogen-bond acceptors (Lipinski definition) is 5. The molecule has 90 valence electrons. The Balaban J connectivity index is 2.04. The van der Waals surface area contributed by atoms with Gasteiger partial charge in [0.1, 0.15) is 18.3 Å². The van der Waals surface area contributed by atoms with E-state index in [0.717, 1.165) is 11.3 Å². The van der Waals surface area contributed by atoms with Crippen LogP contribution < -0.4 is 5.73 Å². The SMILES string of the molecule is Nc1cc(-c2ccc(-n3cncn3)c(Cl)c2)no1. The molecular weight excluding hydrogens is 254 g/mol. The van der Waals surface area contributed by atoms with Crippen molar-refractivity contribution in [3.8, 4) is 16.9 Å². The first kappa shape index (κ1) is 10.8. The predicted octanol–water partition coefficient (Wildman–Crippen LogP) is 2.16. The Morgan fingerprint density at radius 1 is 1.28 bits per heavy atom. The lowest BCUT2D eigenvalue weighted by Gasteiger charge is -2.04. The Bertz CT molecular complexity index is 677. The van der Waals surface area contributed by atoms with E-state index in [1.807, 2.05) is 12.1 Å². The maximum atomic E-state index is 6.20. The molecule has 7 heteroatoms. The molecule has 2 N–H and O–H groups in total. The van der Waals surface area contributed by atoms with E-state index < -0.39 is 0 Å². The molecule has 0 aliphatic carbocycles. The molecule has 3 aromatic rings. The summed E-state index contributed by atoms with van der Waals surface area (Å²) in [4.78, 5) is 3.87. The second kappa shape index (κ2) is 4.15. The minimum atomic E-state index is 0.265. The number of anilines is 1. The summed E-state index contributed by atoms with van der Waals surface area (Å²) in [5, 5.41) is 8.39. The first-order chi connectivity index (χ1) is 8.74. The van der Waals surface area contributed by atoms with Crippen LogP contribution >= 0.6 is 11.6 Å². The van der Waals surface area contributed by atoms with Crippen LogP contribution in [0.5, 0.6) is 0 Å². The van der Waals surface area contributed by atoms with Gasteiger partial charge in [-0.1, -0.05) is 22.8 Å². The van der Waals surface area contributed by atoms with Crippen LogP contribution in [0.3, 0.4) is 0 Å². The fourth-order valence-corrected chi connectivity index (χ4v) is 1.88. The van der Waals surface area contributed by atoms with Gasteiger partial charge in [-0.25, -0.2) is 9.67 Å². The van der Waals surface area contributed by atoms with E-state index in [2.05, 4.69) is 15.2 Å². The van der Waals surface area contributed by atoms with Crippen molar-refractivity contribution in [3.05, 3.63) is 41.9 Å². The molecular formula is C11H8ClN5O. The predicted molar refractivity (Wildman–Crippen MR) is 66.3 cm³/mol. The molecule has 1 aromatic carbocycles. The quantitative estimate of drug-likeness (QED) is 0.764. The van der Waals surface area contributed by atoms with Crippen molar-refractivity contribution in [2.75, 3.05) is 5.73 Å². The normalized spacial score (nSPS) is 10.7. The van der Waals surface area contributed by atoms with Crippen LogP contribution in [0.1, 0.15) is 0 Å². The number of nitrogens with two attached hydrogens (primary N) is 1. The van der Waals surface area contributed by atoms with Crippen LogP contribution in [0.25, 0.3) is 16.9 Å². The summed E-state index contributed by atoms with van der Waals surface area (Å²) < 4.78 is 6.40. The highest BCUT2D eigenvalue weighted by Crippen LogP contribution is 2.27. The summed E-state index contributed by atoms with van der Waals surface area (Å²) in [5.74, 6) is 0.265. The summed E-state index contributed by atoms with van der Waals surface area (Å²) in [7, 11) is 0. The standard InChI is InChI=1S/C11H8ClN5O/c12-8-3-7(9-4-11(13)18-16-9)1-2-10(8)17-6-14-5-15-17/h1-6H,13H2. The summed E-state index contributed by atoms with van der Waals surface area (Å²) in [5.41, 5.74) is 7.68. The third kappa shape index (κ3) is 1.82. The lowest BCUT2D eigenvalue weighted by molar-refractivity contribution is 0.439. The van der Waals surface area contributed by atoms with E-state index in [-0.39, 0.29) is 5.88 Å². The van der Waals surface area contributed by atoms with Crippen molar-refractivity contribution in [2.45, 2.75) is 0 Å². The molecule has 0 amide bonds. The van der Waals surface area contributed by atoms with E-state index in [1.165, 1.54) is 6.33 Å². The Morgan fingerprint density at radius 2 is 2.17 bits per heavy atom. The Kier molecular flexibility index (Phi) is 2.49. The second-order valence-corrected chi connectivity index (χ2v) is 4.03. The van der Waals surface area contributed by atoms with E-state index in [1.54, 1.807) is 23.1 Å². The molecule has 0 atom stereocenters. The maximum Gasteiger partial charge on any atom is 0.222 e. The van der Waals surface area contributed by atoms with Crippen molar-refractivity contribution in [1.82, 2.24) is 19.9 Å². The van der Waals surface area contributed by atoms with E-state index in [0.29, 0.717) is 10.7 Å². The Labute approximate surface area is 107 Å². The van der Waals surface area contributed by atoms with E-state index >= 15 is 0 Å². The van der Waals surface area contributed by atoms with Gasteiger partial charge in [0.2, 0.25) is 5.88 Å². The zero-order chi connectivity index (χ0) is 12.5. The zero-order valence-electron chi connectivity index (χ0n) is 9.12. The van der Waals surface area contributed by atoms with Crippen LogP contribution in [0.4, 0.5) is 5.88 Å².